The van der Waals surface area contributed by atoms with Crippen LogP contribution >= 0.6 is 68.0 Å². The second-order valence-corrected chi connectivity index (χ2v) is 21.0. The molecule has 8 heterocycles. The van der Waals surface area contributed by atoms with E-state index in [0.29, 0.717) is 36.1 Å². The van der Waals surface area contributed by atoms with Crippen LogP contribution in [0.5, 0.6) is 0 Å². The zero-order chi connectivity index (χ0) is 38.8. The Hall–Kier alpha value is -3.38. The lowest BCUT2D eigenvalue weighted by molar-refractivity contribution is -0.124. The molecule has 290 valence electrons. The number of fused-ring (bicyclic) bond motifs is 1. The first-order valence-electron chi connectivity index (χ1n) is 20.0. The van der Waals surface area contributed by atoms with Gasteiger partial charge in [-0.25, -0.2) is 0 Å². The number of amides is 2. The molecule has 6 aromatic rings. The normalized spacial score (nSPS) is 15.6. The van der Waals surface area contributed by atoms with E-state index in [1.54, 1.807) is 68.0 Å². The summed E-state index contributed by atoms with van der Waals surface area (Å²) in [5, 5.41) is 4.24. The van der Waals surface area contributed by atoms with E-state index in [9.17, 15) is 0 Å². The van der Waals surface area contributed by atoms with Crippen LogP contribution < -0.4 is 0 Å². The molecule has 10 heteroatoms. The van der Waals surface area contributed by atoms with Gasteiger partial charge < -0.3 is 9.80 Å². The van der Waals surface area contributed by atoms with Gasteiger partial charge in [0.15, 0.2) is 0 Å². The zero-order valence-corrected chi connectivity index (χ0v) is 37.4. The first kappa shape index (κ1) is 39.4. The van der Waals surface area contributed by atoms with Crippen molar-refractivity contribution in [1.82, 2.24) is 9.80 Å². The molecular formula is C46H48N2O2S6. The summed E-state index contributed by atoms with van der Waals surface area (Å²) < 4.78 is 0. The van der Waals surface area contributed by atoms with Crippen LogP contribution in [0.15, 0.2) is 94.7 Å². The summed E-state index contributed by atoms with van der Waals surface area (Å²) in [6.45, 7) is 10.2. The summed E-state index contributed by atoms with van der Waals surface area (Å²) in [6.07, 6.45) is 8.64. The fourth-order valence-corrected chi connectivity index (χ4v) is 13.8. The number of rotatable bonds is 18. The van der Waals surface area contributed by atoms with Crippen molar-refractivity contribution in [1.29, 1.82) is 0 Å². The lowest BCUT2D eigenvalue weighted by atomic mass is 9.98. The van der Waals surface area contributed by atoms with Gasteiger partial charge in [-0.15, -0.1) is 68.0 Å². The second kappa shape index (κ2) is 17.6. The van der Waals surface area contributed by atoms with Crippen molar-refractivity contribution in [2.75, 3.05) is 13.1 Å². The molecule has 0 aromatic carbocycles. The predicted molar refractivity (Wildman–Crippen MR) is 246 cm³/mol. The Morgan fingerprint density at radius 3 is 1.12 bits per heavy atom. The molecule has 0 spiro atoms. The molecule has 0 N–H and O–H groups in total. The van der Waals surface area contributed by atoms with Crippen LogP contribution in [-0.2, 0) is 9.59 Å². The number of nitrogens with zero attached hydrogens (tertiary/aromatic N) is 2. The first-order valence-corrected chi connectivity index (χ1v) is 25.1. The number of carbonyl (C=O) groups excluding carboxylic acids is 2. The minimum Gasteiger partial charge on any atom is -0.306 e. The van der Waals surface area contributed by atoms with Crippen LogP contribution in [-0.4, -0.2) is 34.7 Å². The number of carbonyl (C=O) groups is 2. The smallest absolute Gasteiger partial charge is 0.261 e. The van der Waals surface area contributed by atoms with Crippen LogP contribution in [0, 0.1) is 11.8 Å². The summed E-state index contributed by atoms with van der Waals surface area (Å²) in [6, 6.07) is 26.1. The topological polar surface area (TPSA) is 40.6 Å². The van der Waals surface area contributed by atoms with Gasteiger partial charge in [0, 0.05) is 52.1 Å². The molecule has 8 rings (SSSR count). The van der Waals surface area contributed by atoms with Crippen molar-refractivity contribution in [3.63, 3.8) is 0 Å². The molecule has 4 nitrogen and oxygen atoms in total. The highest BCUT2D eigenvalue weighted by Crippen LogP contribution is 2.51. The lowest BCUT2D eigenvalue weighted by Crippen LogP contribution is -2.34. The van der Waals surface area contributed by atoms with Crippen molar-refractivity contribution in [3.05, 3.63) is 104 Å². The van der Waals surface area contributed by atoms with Crippen molar-refractivity contribution in [2.45, 2.75) is 79.1 Å². The van der Waals surface area contributed by atoms with E-state index < -0.39 is 0 Å². The van der Waals surface area contributed by atoms with Crippen LogP contribution in [0.2, 0.25) is 0 Å². The van der Waals surface area contributed by atoms with Gasteiger partial charge in [-0.1, -0.05) is 78.4 Å². The maximum absolute atomic E-state index is 15.2. The van der Waals surface area contributed by atoms with Gasteiger partial charge in [0.25, 0.3) is 11.8 Å². The molecule has 2 aliphatic rings. The van der Waals surface area contributed by atoms with Gasteiger partial charge in [0.1, 0.15) is 0 Å². The van der Waals surface area contributed by atoms with Crippen LogP contribution in [0.4, 0.5) is 0 Å². The standard InChI is InChI=1S/C46H48N2O2S6/c1-5-9-13-29(7-3)27-47-43(39-23-21-37(55-39)35-19-17-33(53-35)31-15-11-25-51-31)41-42(45(47)49)44(48(46(41)50)28-30(8-4)14-10-6-2)40-24-22-38(56-40)36-20-18-34(54-36)32-16-12-26-52-32/h11-12,15-26,29-30H,5-10,13-14,27-28H2,1-4H3. The van der Waals surface area contributed by atoms with E-state index in [1.807, 2.05) is 9.80 Å². The van der Waals surface area contributed by atoms with Crippen LogP contribution in [0.3, 0.4) is 0 Å². The van der Waals surface area contributed by atoms with Crippen molar-refractivity contribution in [2.24, 2.45) is 11.8 Å². The third kappa shape index (κ3) is 7.77. The molecule has 6 aromatic heterocycles. The Labute approximate surface area is 355 Å². The minimum absolute atomic E-state index is 0.0190. The summed E-state index contributed by atoms with van der Waals surface area (Å²) in [5.74, 6) is 0.679. The van der Waals surface area contributed by atoms with E-state index in [0.717, 1.165) is 82.3 Å². The molecule has 2 atom stereocenters. The van der Waals surface area contributed by atoms with Gasteiger partial charge in [-0.05, 0) is 96.1 Å². The zero-order valence-electron chi connectivity index (χ0n) is 32.5. The number of unbranched alkanes of at least 4 members (excludes halogenated alkanes) is 2. The molecule has 0 aliphatic carbocycles. The summed E-state index contributed by atoms with van der Waals surface area (Å²) in [7, 11) is 0. The summed E-state index contributed by atoms with van der Waals surface area (Å²) in [5.41, 5.74) is 2.83. The second-order valence-electron chi connectivity index (χ2n) is 14.7. The molecule has 0 saturated carbocycles. The van der Waals surface area contributed by atoms with E-state index in [2.05, 4.69) is 111 Å². The summed E-state index contributed by atoms with van der Waals surface area (Å²) in [4.78, 5) is 46.2. The van der Waals surface area contributed by atoms with Crippen molar-refractivity contribution < 1.29 is 9.59 Å². The Morgan fingerprint density at radius 1 is 0.464 bits per heavy atom. The third-order valence-electron chi connectivity index (χ3n) is 11.1. The minimum atomic E-state index is -0.0190. The van der Waals surface area contributed by atoms with Crippen LogP contribution in [0.1, 0.15) is 88.8 Å². The summed E-state index contributed by atoms with van der Waals surface area (Å²) >= 11 is 10.5. The average Bonchev–Trinajstić information content (AvgIpc) is 4.06. The Morgan fingerprint density at radius 2 is 0.804 bits per heavy atom. The molecule has 2 unspecified atom stereocenters. The van der Waals surface area contributed by atoms with E-state index in [4.69, 9.17) is 0 Å². The predicted octanol–water partition coefficient (Wildman–Crippen LogP) is 15.0. The van der Waals surface area contributed by atoms with Crippen molar-refractivity contribution >= 4 is 91.2 Å². The number of hydrogen-bond acceptors (Lipinski definition) is 8. The van der Waals surface area contributed by atoms with E-state index in [1.165, 1.54) is 29.3 Å². The molecule has 0 radical (unpaired) electrons. The molecule has 0 saturated heterocycles. The molecule has 2 amide bonds. The molecular weight excluding hydrogens is 805 g/mol. The molecule has 0 fully saturated rings. The van der Waals surface area contributed by atoms with Crippen molar-refractivity contribution in [3.8, 4) is 39.0 Å². The largest absolute Gasteiger partial charge is 0.306 e. The Bertz CT molecular complexity index is 2180. The number of thiophene rings is 6. The van der Waals surface area contributed by atoms with Gasteiger partial charge >= 0.3 is 0 Å². The van der Waals surface area contributed by atoms with E-state index in [-0.39, 0.29) is 11.8 Å². The molecule has 56 heavy (non-hydrogen) atoms. The monoisotopic (exact) mass is 852 g/mol. The maximum Gasteiger partial charge on any atom is 0.261 e. The van der Waals surface area contributed by atoms with Gasteiger partial charge in [0.05, 0.1) is 32.3 Å². The average molecular weight is 853 g/mol. The highest BCUT2D eigenvalue weighted by atomic mass is 32.1. The lowest BCUT2D eigenvalue weighted by Gasteiger charge is -2.29. The first-order chi connectivity index (χ1) is 27.4. The van der Waals surface area contributed by atoms with Gasteiger partial charge in [-0.2, -0.15) is 0 Å². The highest BCUT2D eigenvalue weighted by molar-refractivity contribution is 7.27. The fourth-order valence-electron chi connectivity index (χ4n) is 7.85. The Balaban J connectivity index is 1.24. The SMILES string of the molecule is CCCCC(CC)CN1C(=O)C2=C(c3ccc(-c4ccc(-c5cccs5)s4)s3)N(CC(CC)CCCC)C(=O)C2=C1c1ccc(-c2ccc(-c3cccs3)s2)s1. The van der Waals surface area contributed by atoms with Gasteiger partial charge in [0.2, 0.25) is 0 Å². The Kier molecular flexibility index (Phi) is 12.4. The van der Waals surface area contributed by atoms with Crippen LogP contribution in [0.25, 0.3) is 50.4 Å². The van der Waals surface area contributed by atoms with Gasteiger partial charge in [-0.3, -0.25) is 9.59 Å². The molecule has 0 bridgehead atoms. The number of hydrogen-bond donors (Lipinski definition) is 0. The highest BCUT2D eigenvalue weighted by Gasteiger charge is 2.50. The third-order valence-corrected chi connectivity index (χ3v) is 17.9. The fraction of sp³-hybridized carbons (Fsp3) is 0.348. The molecule has 2 aliphatic heterocycles. The maximum atomic E-state index is 15.2. The quantitative estimate of drug-likeness (QED) is 0.0864. The van der Waals surface area contributed by atoms with E-state index >= 15 is 9.59 Å².